The Hall–Kier alpha value is -2.20. The molecule has 1 aromatic carbocycles. The monoisotopic (exact) mass is 572 g/mol. The smallest absolute Gasteiger partial charge is 0.408 e. The van der Waals surface area contributed by atoms with E-state index < -0.39 is 35.0 Å². The molecule has 0 aliphatic carbocycles. The third-order valence-electron chi connectivity index (χ3n) is 10.2. The number of hydrogen-bond acceptors (Lipinski definition) is 7. The number of hydrogen-bond donors (Lipinski definition) is 2. The zero-order chi connectivity index (χ0) is 29.5. The van der Waals surface area contributed by atoms with Gasteiger partial charge in [0.25, 0.3) is 0 Å². The molecule has 0 saturated carbocycles. The first-order valence-electron chi connectivity index (χ1n) is 15.3. The van der Waals surface area contributed by atoms with Gasteiger partial charge >= 0.3 is 6.09 Å². The summed E-state index contributed by atoms with van der Waals surface area (Å²) in [6, 6.07) is 8.79. The van der Waals surface area contributed by atoms with Crippen molar-refractivity contribution in [2.45, 2.75) is 127 Å². The number of piperidine rings is 1. The minimum absolute atomic E-state index is 0.0627. The lowest BCUT2D eigenvalue weighted by molar-refractivity contribution is -0.250. The number of alkyl carbamates (subject to hydrolysis) is 1. The van der Waals surface area contributed by atoms with Crippen molar-refractivity contribution >= 4 is 12.0 Å². The average molecular weight is 573 g/mol. The van der Waals surface area contributed by atoms with Gasteiger partial charge in [0.05, 0.1) is 41.7 Å². The largest absolute Gasteiger partial charge is 0.445 e. The number of rotatable bonds is 4. The van der Waals surface area contributed by atoms with Crippen LogP contribution < -0.4 is 5.32 Å². The van der Waals surface area contributed by atoms with E-state index in [0.29, 0.717) is 26.1 Å². The second kappa shape index (κ2) is 11.5. The number of nitrogens with one attached hydrogen (secondary N) is 1. The molecule has 2 amide bonds. The summed E-state index contributed by atoms with van der Waals surface area (Å²) in [7, 11) is 0. The predicted molar refractivity (Wildman–Crippen MR) is 153 cm³/mol. The third kappa shape index (κ3) is 6.43. The van der Waals surface area contributed by atoms with Crippen LogP contribution >= 0.6 is 0 Å². The maximum Gasteiger partial charge on any atom is 0.408 e. The highest BCUT2D eigenvalue weighted by Crippen LogP contribution is 2.51. The molecule has 4 fully saturated rings. The van der Waals surface area contributed by atoms with E-state index in [9.17, 15) is 14.7 Å². The molecule has 0 bridgehead atoms. The molecule has 228 valence electrons. The molecule has 9 heteroatoms. The number of likely N-dealkylation sites (tertiary alicyclic amines) is 1. The van der Waals surface area contributed by atoms with Gasteiger partial charge in [-0.3, -0.25) is 4.79 Å². The van der Waals surface area contributed by atoms with Crippen molar-refractivity contribution in [3.05, 3.63) is 35.9 Å². The zero-order valence-corrected chi connectivity index (χ0v) is 25.3. The van der Waals surface area contributed by atoms with Crippen LogP contribution in [0.2, 0.25) is 0 Å². The average Bonchev–Trinajstić information content (AvgIpc) is 3.10. The second-order valence-corrected chi connectivity index (χ2v) is 13.8. The Kier molecular flexibility index (Phi) is 8.47. The van der Waals surface area contributed by atoms with Gasteiger partial charge in [0.1, 0.15) is 12.6 Å². The first-order valence-corrected chi connectivity index (χ1v) is 15.3. The molecule has 2 N–H and O–H groups in total. The van der Waals surface area contributed by atoms with E-state index >= 15 is 0 Å². The van der Waals surface area contributed by atoms with Crippen molar-refractivity contribution in [2.75, 3.05) is 19.7 Å². The third-order valence-corrected chi connectivity index (χ3v) is 10.2. The van der Waals surface area contributed by atoms with Crippen molar-refractivity contribution in [2.24, 2.45) is 5.41 Å². The lowest BCUT2D eigenvalue weighted by Gasteiger charge is -2.53. The summed E-state index contributed by atoms with van der Waals surface area (Å²) in [5.74, 6) is -0.101. The number of aliphatic hydroxyl groups is 1. The van der Waals surface area contributed by atoms with Crippen LogP contribution in [0.3, 0.4) is 0 Å². The van der Waals surface area contributed by atoms with Crippen molar-refractivity contribution in [1.82, 2.24) is 10.2 Å². The fourth-order valence-electron chi connectivity index (χ4n) is 7.05. The number of carbonyl (C=O) groups excluding carboxylic acids is 2. The molecule has 0 radical (unpaired) electrons. The number of nitrogens with zero attached hydrogens (tertiary/aromatic N) is 1. The van der Waals surface area contributed by atoms with Crippen molar-refractivity contribution < 1.29 is 33.6 Å². The molecule has 4 saturated heterocycles. The number of fused-ring (bicyclic) bond motifs is 2. The van der Waals surface area contributed by atoms with E-state index in [-0.39, 0.29) is 30.1 Å². The number of benzene rings is 1. The molecule has 0 aromatic heterocycles. The Morgan fingerprint density at radius 1 is 1.00 bits per heavy atom. The Bertz CT molecular complexity index is 1090. The van der Waals surface area contributed by atoms with E-state index in [2.05, 4.69) is 19.2 Å². The molecule has 6 atom stereocenters. The Labute approximate surface area is 244 Å². The van der Waals surface area contributed by atoms with Gasteiger partial charge in [0.2, 0.25) is 5.91 Å². The fraction of sp³-hybridized carbons (Fsp3) is 0.750. The molecule has 4 heterocycles. The summed E-state index contributed by atoms with van der Waals surface area (Å²) in [4.78, 5) is 27.3. The van der Waals surface area contributed by atoms with E-state index in [1.165, 1.54) is 0 Å². The Morgan fingerprint density at radius 2 is 1.68 bits per heavy atom. The molecular formula is C32H48N2O7. The maximum atomic E-state index is 13.2. The van der Waals surface area contributed by atoms with Gasteiger partial charge in [0.15, 0.2) is 0 Å². The van der Waals surface area contributed by atoms with Crippen LogP contribution in [0.1, 0.15) is 85.1 Å². The first kappa shape index (κ1) is 30.3. The molecule has 0 unspecified atom stereocenters. The molecule has 5 rings (SSSR count). The SMILES string of the molecule is C[C@H](NC(=O)OCc1ccccc1)C(=O)N1CCC2(CC1)CO[C@@]1(C)CC[C@H]3OC(C)(C)[C@H](O)CC[C@]3(C)O[C@@H]1C2. The van der Waals surface area contributed by atoms with Gasteiger partial charge < -0.3 is 34.3 Å². The molecule has 4 aliphatic rings. The van der Waals surface area contributed by atoms with E-state index in [1.54, 1.807) is 6.92 Å². The summed E-state index contributed by atoms with van der Waals surface area (Å²) < 4.78 is 25.4. The zero-order valence-electron chi connectivity index (χ0n) is 25.3. The summed E-state index contributed by atoms with van der Waals surface area (Å²) in [6.45, 7) is 12.0. The molecule has 1 aromatic rings. The van der Waals surface area contributed by atoms with Gasteiger partial charge in [-0.05, 0) is 90.5 Å². The van der Waals surface area contributed by atoms with Crippen molar-refractivity contribution in [3.63, 3.8) is 0 Å². The highest BCUT2D eigenvalue weighted by molar-refractivity contribution is 5.85. The Morgan fingerprint density at radius 3 is 2.39 bits per heavy atom. The predicted octanol–water partition coefficient (Wildman–Crippen LogP) is 4.35. The van der Waals surface area contributed by atoms with Crippen LogP contribution in [0.15, 0.2) is 30.3 Å². The number of carbonyl (C=O) groups is 2. The quantitative estimate of drug-likeness (QED) is 0.553. The van der Waals surface area contributed by atoms with Crippen LogP contribution in [-0.4, -0.2) is 82.9 Å². The Balaban J connectivity index is 1.16. The van der Waals surface area contributed by atoms with Gasteiger partial charge in [0, 0.05) is 13.1 Å². The standard InChI is InChI=1S/C32H48N2O7/c1-22(33-28(37)38-20-23-9-7-6-8-10-23)27(36)34-17-15-32(16-18-34)19-26-30(4,39-21-32)14-12-25-31(5,41-26)13-11-24(35)29(2,3)40-25/h6-10,22,24-26,35H,11-21H2,1-5H3,(H,33,37)/t22-,24+,25+,26+,30-,31-/m0/s1. The molecule has 41 heavy (non-hydrogen) atoms. The van der Waals surface area contributed by atoms with Gasteiger partial charge in [-0.2, -0.15) is 0 Å². The van der Waals surface area contributed by atoms with Crippen LogP contribution in [-0.2, 0) is 30.3 Å². The van der Waals surface area contributed by atoms with Crippen LogP contribution in [0, 0.1) is 5.41 Å². The van der Waals surface area contributed by atoms with E-state index in [4.69, 9.17) is 18.9 Å². The lowest BCUT2D eigenvalue weighted by atomic mass is 9.69. The summed E-state index contributed by atoms with van der Waals surface area (Å²) in [6.07, 6.45) is 4.24. The topological polar surface area (TPSA) is 107 Å². The summed E-state index contributed by atoms with van der Waals surface area (Å²) in [5, 5.41) is 13.4. The van der Waals surface area contributed by atoms with Gasteiger partial charge in [-0.1, -0.05) is 30.3 Å². The van der Waals surface area contributed by atoms with Crippen molar-refractivity contribution in [3.8, 4) is 0 Å². The normalized spacial score (nSPS) is 35.3. The van der Waals surface area contributed by atoms with Gasteiger partial charge in [-0.25, -0.2) is 4.79 Å². The second-order valence-electron chi connectivity index (χ2n) is 13.8. The molecular weight excluding hydrogens is 524 g/mol. The number of ether oxygens (including phenoxy) is 4. The van der Waals surface area contributed by atoms with Gasteiger partial charge in [-0.15, -0.1) is 0 Å². The summed E-state index contributed by atoms with van der Waals surface area (Å²) in [5.41, 5.74) is -0.672. The van der Waals surface area contributed by atoms with E-state index in [1.807, 2.05) is 49.1 Å². The van der Waals surface area contributed by atoms with Crippen molar-refractivity contribution in [1.29, 1.82) is 0 Å². The minimum atomic E-state index is -0.671. The van der Waals surface area contributed by atoms with Crippen LogP contribution in [0.25, 0.3) is 0 Å². The van der Waals surface area contributed by atoms with E-state index in [0.717, 1.165) is 44.1 Å². The molecule has 1 spiro atoms. The highest BCUT2D eigenvalue weighted by atomic mass is 16.6. The maximum absolute atomic E-state index is 13.2. The molecule has 9 nitrogen and oxygen atoms in total. The molecule has 4 aliphatic heterocycles. The summed E-state index contributed by atoms with van der Waals surface area (Å²) >= 11 is 0. The number of amides is 2. The van der Waals surface area contributed by atoms with Crippen LogP contribution in [0.4, 0.5) is 4.79 Å². The number of aliphatic hydroxyl groups excluding tert-OH is 1. The fourth-order valence-corrected chi connectivity index (χ4v) is 7.05. The van der Waals surface area contributed by atoms with Crippen LogP contribution in [0.5, 0.6) is 0 Å². The first-order chi connectivity index (χ1) is 19.3. The highest BCUT2D eigenvalue weighted by Gasteiger charge is 2.56. The lowest BCUT2D eigenvalue weighted by Crippen LogP contribution is -2.58. The minimum Gasteiger partial charge on any atom is -0.445 e.